The summed E-state index contributed by atoms with van der Waals surface area (Å²) in [6, 6.07) is 1.52. The third-order valence-electron chi connectivity index (χ3n) is 1.81. The molecule has 0 aliphatic carbocycles. The van der Waals surface area contributed by atoms with Gasteiger partial charge in [-0.15, -0.1) is 0 Å². The lowest BCUT2D eigenvalue weighted by Crippen LogP contribution is -2.15. The standard InChI is InChI=1S/C12H18N2O3/c1-7(2)16-10-5-11(13)14-6-9(10)12(15)17-8(3)4/h5-8H,1-4H3,(H2,13,14). The van der Waals surface area contributed by atoms with Gasteiger partial charge < -0.3 is 15.2 Å². The van der Waals surface area contributed by atoms with Crippen LogP contribution in [-0.4, -0.2) is 23.2 Å². The smallest absolute Gasteiger partial charge is 0.343 e. The number of esters is 1. The number of carbonyl (C=O) groups excluding carboxylic acids is 1. The number of nitrogen functional groups attached to an aromatic ring is 1. The fraction of sp³-hybridized carbons (Fsp3) is 0.500. The first-order valence-corrected chi connectivity index (χ1v) is 5.53. The molecular weight excluding hydrogens is 220 g/mol. The number of nitrogens with two attached hydrogens (primary N) is 1. The largest absolute Gasteiger partial charge is 0.490 e. The van der Waals surface area contributed by atoms with E-state index in [-0.39, 0.29) is 12.2 Å². The first-order valence-electron chi connectivity index (χ1n) is 5.53. The highest BCUT2D eigenvalue weighted by Gasteiger charge is 2.17. The molecule has 1 aromatic rings. The van der Waals surface area contributed by atoms with Crippen LogP contribution in [0, 0.1) is 0 Å². The Morgan fingerprint density at radius 1 is 1.29 bits per heavy atom. The van der Waals surface area contributed by atoms with Crippen LogP contribution in [-0.2, 0) is 4.74 Å². The van der Waals surface area contributed by atoms with Crippen molar-refractivity contribution in [1.82, 2.24) is 4.98 Å². The Balaban J connectivity index is 3.01. The van der Waals surface area contributed by atoms with Crippen LogP contribution in [0.2, 0.25) is 0 Å². The third kappa shape index (κ3) is 3.94. The summed E-state index contributed by atoms with van der Waals surface area (Å²) in [7, 11) is 0. The maximum absolute atomic E-state index is 11.8. The third-order valence-corrected chi connectivity index (χ3v) is 1.81. The van der Waals surface area contributed by atoms with Gasteiger partial charge in [-0.25, -0.2) is 9.78 Å². The molecular formula is C12H18N2O3. The Morgan fingerprint density at radius 2 is 1.94 bits per heavy atom. The number of nitrogens with zero attached hydrogens (tertiary/aromatic N) is 1. The van der Waals surface area contributed by atoms with Crippen molar-refractivity contribution in [3.8, 4) is 5.75 Å². The molecule has 2 N–H and O–H groups in total. The number of aromatic nitrogens is 1. The van der Waals surface area contributed by atoms with E-state index >= 15 is 0 Å². The SMILES string of the molecule is CC(C)OC(=O)c1cnc(N)cc1OC(C)C. The Kier molecular flexibility index (Phi) is 4.31. The molecule has 5 heteroatoms. The summed E-state index contributed by atoms with van der Waals surface area (Å²) in [5.74, 6) is 0.253. The van der Waals surface area contributed by atoms with Crippen molar-refractivity contribution in [2.24, 2.45) is 0 Å². The van der Waals surface area contributed by atoms with Crippen LogP contribution in [0.15, 0.2) is 12.3 Å². The van der Waals surface area contributed by atoms with Crippen molar-refractivity contribution in [3.05, 3.63) is 17.8 Å². The molecule has 0 saturated heterocycles. The fourth-order valence-corrected chi connectivity index (χ4v) is 1.23. The maximum Gasteiger partial charge on any atom is 0.343 e. The highest BCUT2D eigenvalue weighted by atomic mass is 16.5. The van der Waals surface area contributed by atoms with Crippen LogP contribution in [0.5, 0.6) is 5.75 Å². The van der Waals surface area contributed by atoms with Gasteiger partial charge >= 0.3 is 5.97 Å². The molecule has 0 aromatic carbocycles. The molecule has 0 aliphatic heterocycles. The van der Waals surface area contributed by atoms with E-state index in [1.165, 1.54) is 12.3 Å². The highest BCUT2D eigenvalue weighted by Crippen LogP contribution is 2.22. The van der Waals surface area contributed by atoms with Crippen molar-refractivity contribution >= 4 is 11.8 Å². The van der Waals surface area contributed by atoms with Gasteiger partial charge in [-0.05, 0) is 27.7 Å². The van der Waals surface area contributed by atoms with Crippen LogP contribution in [0.25, 0.3) is 0 Å². The quantitative estimate of drug-likeness (QED) is 0.812. The predicted octanol–water partition coefficient (Wildman–Crippen LogP) is 2.02. The van der Waals surface area contributed by atoms with Gasteiger partial charge in [0.15, 0.2) is 0 Å². The van der Waals surface area contributed by atoms with E-state index in [4.69, 9.17) is 15.2 Å². The van der Waals surface area contributed by atoms with Crippen molar-refractivity contribution in [3.63, 3.8) is 0 Å². The molecule has 1 heterocycles. The average molecular weight is 238 g/mol. The zero-order valence-corrected chi connectivity index (χ0v) is 10.6. The first-order chi connectivity index (χ1) is 7.90. The van der Waals surface area contributed by atoms with Gasteiger partial charge in [-0.2, -0.15) is 0 Å². The molecule has 0 saturated carbocycles. The van der Waals surface area contributed by atoms with Gasteiger partial charge in [0.2, 0.25) is 0 Å². The molecule has 17 heavy (non-hydrogen) atoms. The lowest BCUT2D eigenvalue weighted by molar-refractivity contribution is 0.0371. The minimum absolute atomic E-state index is 0.0533. The van der Waals surface area contributed by atoms with Gasteiger partial charge in [-0.3, -0.25) is 0 Å². The summed E-state index contributed by atoms with van der Waals surface area (Å²) >= 11 is 0. The minimum Gasteiger partial charge on any atom is -0.490 e. The van der Waals surface area contributed by atoms with Crippen LogP contribution < -0.4 is 10.5 Å². The zero-order chi connectivity index (χ0) is 13.0. The summed E-state index contributed by atoms with van der Waals surface area (Å²) in [4.78, 5) is 15.7. The second kappa shape index (κ2) is 5.52. The number of carbonyl (C=O) groups is 1. The number of hydrogen-bond donors (Lipinski definition) is 1. The predicted molar refractivity (Wildman–Crippen MR) is 65.0 cm³/mol. The molecule has 0 aliphatic rings. The summed E-state index contributed by atoms with van der Waals surface area (Å²) < 4.78 is 10.6. The van der Waals surface area contributed by atoms with E-state index in [0.717, 1.165) is 0 Å². The normalized spacial score (nSPS) is 10.7. The van der Waals surface area contributed by atoms with Gasteiger partial charge in [0.1, 0.15) is 17.1 Å². The Morgan fingerprint density at radius 3 is 2.47 bits per heavy atom. The van der Waals surface area contributed by atoms with Crippen LogP contribution in [0.4, 0.5) is 5.82 Å². The van der Waals surface area contributed by atoms with E-state index in [1.807, 2.05) is 13.8 Å². The lowest BCUT2D eigenvalue weighted by Gasteiger charge is -2.14. The van der Waals surface area contributed by atoms with E-state index in [9.17, 15) is 4.79 Å². The van der Waals surface area contributed by atoms with Crippen molar-refractivity contribution < 1.29 is 14.3 Å². The maximum atomic E-state index is 11.8. The molecule has 0 fully saturated rings. The zero-order valence-electron chi connectivity index (χ0n) is 10.6. The lowest BCUT2D eigenvalue weighted by atomic mass is 10.2. The second-order valence-electron chi connectivity index (χ2n) is 4.23. The summed E-state index contributed by atoms with van der Waals surface area (Å²) in [5, 5.41) is 0. The summed E-state index contributed by atoms with van der Waals surface area (Å²) in [6.07, 6.45) is 1.13. The topological polar surface area (TPSA) is 74.4 Å². The van der Waals surface area contributed by atoms with E-state index in [0.29, 0.717) is 17.1 Å². The fourth-order valence-electron chi connectivity index (χ4n) is 1.23. The number of anilines is 1. The molecule has 0 unspecified atom stereocenters. The molecule has 5 nitrogen and oxygen atoms in total. The van der Waals surface area contributed by atoms with Crippen LogP contribution in [0.1, 0.15) is 38.1 Å². The molecule has 0 atom stereocenters. The summed E-state index contributed by atoms with van der Waals surface area (Å²) in [6.45, 7) is 7.31. The van der Waals surface area contributed by atoms with Crippen molar-refractivity contribution in [2.45, 2.75) is 39.9 Å². The Hall–Kier alpha value is -1.78. The summed E-state index contributed by atoms with van der Waals surface area (Å²) in [5.41, 5.74) is 5.85. The van der Waals surface area contributed by atoms with E-state index in [2.05, 4.69) is 4.98 Å². The molecule has 0 bridgehead atoms. The Labute approximate surface area is 101 Å². The molecule has 0 radical (unpaired) electrons. The molecule has 94 valence electrons. The van der Waals surface area contributed by atoms with Gasteiger partial charge in [0, 0.05) is 12.3 Å². The van der Waals surface area contributed by atoms with Crippen molar-refractivity contribution in [2.75, 3.05) is 5.73 Å². The van der Waals surface area contributed by atoms with Crippen LogP contribution >= 0.6 is 0 Å². The molecule has 1 rings (SSSR count). The van der Waals surface area contributed by atoms with E-state index in [1.54, 1.807) is 13.8 Å². The molecule has 0 spiro atoms. The van der Waals surface area contributed by atoms with Crippen LogP contribution in [0.3, 0.4) is 0 Å². The monoisotopic (exact) mass is 238 g/mol. The highest BCUT2D eigenvalue weighted by molar-refractivity contribution is 5.92. The molecule has 1 aromatic heterocycles. The van der Waals surface area contributed by atoms with Crippen molar-refractivity contribution in [1.29, 1.82) is 0 Å². The number of rotatable bonds is 4. The number of hydrogen-bond acceptors (Lipinski definition) is 5. The number of pyridine rings is 1. The van der Waals surface area contributed by atoms with Gasteiger partial charge in [0.05, 0.1) is 12.2 Å². The van der Waals surface area contributed by atoms with E-state index < -0.39 is 5.97 Å². The van der Waals surface area contributed by atoms with Gasteiger partial charge in [-0.1, -0.05) is 0 Å². The Bertz CT molecular complexity index is 403. The first kappa shape index (κ1) is 13.3. The second-order valence-corrected chi connectivity index (χ2v) is 4.23. The number of ether oxygens (including phenoxy) is 2. The minimum atomic E-state index is -0.455. The average Bonchev–Trinajstić information content (AvgIpc) is 2.15. The molecule has 0 amide bonds. The van der Waals surface area contributed by atoms with Gasteiger partial charge in [0.25, 0.3) is 0 Å².